The Bertz CT molecular complexity index is 1050. The fraction of sp³-hybridized carbons (Fsp3) is 0.217. The lowest BCUT2D eigenvalue weighted by Gasteiger charge is -2.15. The third kappa shape index (κ3) is 4.90. The van der Waals surface area contributed by atoms with Crippen molar-refractivity contribution in [2.24, 2.45) is 0 Å². The molecular formula is C23H24N3OS2+. The Hall–Kier alpha value is -2.54. The summed E-state index contributed by atoms with van der Waals surface area (Å²) in [7, 11) is 0. The van der Waals surface area contributed by atoms with Gasteiger partial charge < -0.3 is 10.6 Å². The maximum absolute atomic E-state index is 12.5. The molecule has 2 atom stereocenters. The molecule has 0 aliphatic carbocycles. The predicted molar refractivity (Wildman–Crippen MR) is 122 cm³/mol. The topological polar surface area (TPSA) is 58.6 Å². The van der Waals surface area contributed by atoms with Gasteiger partial charge in [0.15, 0.2) is 6.04 Å². The van der Waals surface area contributed by atoms with E-state index in [-0.39, 0.29) is 18.0 Å². The van der Waals surface area contributed by atoms with Crippen molar-refractivity contribution in [3.05, 3.63) is 81.5 Å². The molecule has 4 rings (SSSR count). The number of amides is 1. The van der Waals surface area contributed by atoms with Crippen LogP contribution in [0.3, 0.4) is 0 Å². The number of quaternary nitrogens is 1. The van der Waals surface area contributed by atoms with Crippen LogP contribution >= 0.6 is 22.7 Å². The Kier molecular flexibility index (Phi) is 6.04. The number of thiophene rings is 1. The van der Waals surface area contributed by atoms with Crippen molar-refractivity contribution in [2.45, 2.75) is 32.4 Å². The zero-order valence-corrected chi connectivity index (χ0v) is 18.1. The van der Waals surface area contributed by atoms with Crippen LogP contribution in [0.5, 0.6) is 0 Å². The first-order valence-electron chi connectivity index (χ1n) is 9.71. The summed E-state index contributed by atoms with van der Waals surface area (Å²) in [5.74, 6) is 0.0207. The second-order valence-electron chi connectivity index (χ2n) is 7.22. The standard InChI is InChI=1S/C23H23N3OS2/c1-15(20-8-5-13-28-20)24-16(2)23(27)25-18-11-9-17(10-12-18)14-22-26-19-6-3-4-7-21(19)29-22/h3-13,15-16,24H,14H2,1-2H3,(H,25,27)/p+1/t15-,16-/m0/s1. The highest BCUT2D eigenvalue weighted by molar-refractivity contribution is 7.18. The third-order valence-electron chi connectivity index (χ3n) is 4.90. The van der Waals surface area contributed by atoms with E-state index in [1.54, 1.807) is 22.7 Å². The molecule has 4 aromatic rings. The molecule has 2 heterocycles. The Balaban J connectivity index is 1.34. The number of hydrogen-bond donors (Lipinski definition) is 2. The van der Waals surface area contributed by atoms with E-state index in [1.165, 1.54) is 15.1 Å². The van der Waals surface area contributed by atoms with Gasteiger partial charge in [-0.05, 0) is 55.1 Å². The third-order valence-corrected chi connectivity index (χ3v) is 7.01. The molecule has 0 saturated carbocycles. The molecule has 0 aliphatic heterocycles. The molecule has 2 aromatic heterocycles. The molecular weight excluding hydrogens is 398 g/mol. The van der Waals surface area contributed by atoms with E-state index in [0.29, 0.717) is 0 Å². The highest BCUT2D eigenvalue weighted by atomic mass is 32.1. The van der Waals surface area contributed by atoms with E-state index in [0.717, 1.165) is 22.6 Å². The number of carbonyl (C=O) groups is 1. The van der Waals surface area contributed by atoms with E-state index >= 15 is 0 Å². The molecule has 0 bridgehead atoms. The van der Waals surface area contributed by atoms with Crippen LogP contribution in [0.1, 0.15) is 35.3 Å². The first-order chi connectivity index (χ1) is 14.1. The zero-order valence-electron chi connectivity index (χ0n) is 16.5. The first kappa shape index (κ1) is 19.8. The normalized spacial score (nSPS) is 13.3. The molecule has 2 aromatic carbocycles. The number of fused-ring (bicyclic) bond motifs is 1. The Morgan fingerprint density at radius 2 is 1.86 bits per heavy atom. The molecule has 0 spiro atoms. The van der Waals surface area contributed by atoms with E-state index in [2.05, 4.69) is 47.2 Å². The number of hydrogen-bond acceptors (Lipinski definition) is 4. The molecule has 1 amide bonds. The lowest BCUT2D eigenvalue weighted by molar-refractivity contribution is -0.709. The predicted octanol–water partition coefficient (Wildman–Crippen LogP) is 4.60. The Labute approximate surface area is 178 Å². The number of rotatable bonds is 7. The van der Waals surface area contributed by atoms with Gasteiger partial charge in [0, 0.05) is 12.1 Å². The molecule has 0 fully saturated rings. The van der Waals surface area contributed by atoms with Crippen molar-refractivity contribution >= 4 is 44.5 Å². The van der Waals surface area contributed by atoms with E-state index in [9.17, 15) is 4.79 Å². The smallest absolute Gasteiger partial charge is 0.282 e. The van der Waals surface area contributed by atoms with E-state index < -0.39 is 0 Å². The van der Waals surface area contributed by atoms with Crippen LogP contribution in [-0.2, 0) is 11.2 Å². The highest BCUT2D eigenvalue weighted by Gasteiger charge is 2.20. The molecule has 0 radical (unpaired) electrons. The monoisotopic (exact) mass is 422 g/mol. The number of nitrogens with zero attached hydrogens (tertiary/aromatic N) is 1. The maximum Gasteiger partial charge on any atom is 0.282 e. The highest BCUT2D eigenvalue weighted by Crippen LogP contribution is 2.24. The van der Waals surface area contributed by atoms with Gasteiger partial charge in [0.05, 0.1) is 20.1 Å². The lowest BCUT2D eigenvalue weighted by Crippen LogP contribution is -2.91. The summed E-state index contributed by atoms with van der Waals surface area (Å²) in [5.41, 5.74) is 3.07. The summed E-state index contributed by atoms with van der Waals surface area (Å²) in [4.78, 5) is 18.5. The summed E-state index contributed by atoms with van der Waals surface area (Å²) in [6.07, 6.45) is 0.802. The minimum Gasteiger partial charge on any atom is -0.330 e. The lowest BCUT2D eigenvalue weighted by atomic mass is 10.1. The van der Waals surface area contributed by atoms with Gasteiger partial charge >= 0.3 is 0 Å². The number of anilines is 1. The van der Waals surface area contributed by atoms with Gasteiger partial charge in [-0.15, -0.1) is 22.7 Å². The summed E-state index contributed by atoms with van der Waals surface area (Å²) in [6, 6.07) is 20.5. The number of nitrogens with two attached hydrogens (primary N) is 1. The van der Waals surface area contributed by atoms with Gasteiger partial charge in [-0.1, -0.05) is 30.3 Å². The first-order valence-corrected chi connectivity index (χ1v) is 11.4. The summed E-state index contributed by atoms with van der Waals surface area (Å²) >= 11 is 3.46. The van der Waals surface area contributed by atoms with Crippen molar-refractivity contribution in [3.63, 3.8) is 0 Å². The molecule has 3 N–H and O–H groups in total. The van der Waals surface area contributed by atoms with Crippen molar-refractivity contribution in [2.75, 3.05) is 5.32 Å². The van der Waals surface area contributed by atoms with Gasteiger partial charge in [0.1, 0.15) is 6.04 Å². The van der Waals surface area contributed by atoms with Gasteiger partial charge in [-0.3, -0.25) is 4.79 Å². The quantitative estimate of drug-likeness (QED) is 0.457. The minimum absolute atomic E-state index is 0.0207. The van der Waals surface area contributed by atoms with E-state index in [1.807, 2.05) is 43.3 Å². The maximum atomic E-state index is 12.5. The summed E-state index contributed by atoms with van der Waals surface area (Å²) in [6.45, 7) is 4.08. The van der Waals surface area contributed by atoms with E-state index in [4.69, 9.17) is 4.98 Å². The van der Waals surface area contributed by atoms with Gasteiger partial charge in [-0.2, -0.15) is 0 Å². The summed E-state index contributed by atoms with van der Waals surface area (Å²) in [5, 5.41) is 8.30. The molecule has 6 heteroatoms. The fourth-order valence-corrected chi connectivity index (χ4v) is 5.06. The molecule has 148 valence electrons. The van der Waals surface area contributed by atoms with Crippen LogP contribution in [0.2, 0.25) is 0 Å². The Morgan fingerprint density at radius 1 is 1.07 bits per heavy atom. The Morgan fingerprint density at radius 3 is 2.59 bits per heavy atom. The van der Waals surface area contributed by atoms with Gasteiger partial charge in [0.2, 0.25) is 0 Å². The average Bonchev–Trinajstić information content (AvgIpc) is 3.39. The molecule has 0 saturated heterocycles. The second-order valence-corrected chi connectivity index (χ2v) is 9.32. The van der Waals surface area contributed by atoms with Crippen molar-refractivity contribution in [1.82, 2.24) is 4.98 Å². The zero-order chi connectivity index (χ0) is 20.2. The fourth-order valence-electron chi connectivity index (χ4n) is 3.30. The number of benzene rings is 2. The second kappa shape index (κ2) is 8.86. The molecule has 29 heavy (non-hydrogen) atoms. The number of carbonyl (C=O) groups excluding carboxylic acids is 1. The summed E-state index contributed by atoms with van der Waals surface area (Å²) < 4.78 is 1.22. The van der Waals surface area contributed by atoms with Crippen LogP contribution in [0.4, 0.5) is 5.69 Å². The van der Waals surface area contributed by atoms with Crippen LogP contribution in [-0.4, -0.2) is 16.9 Å². The van der Waals surface area contributed by atoms with Crippen LogP contribution in [0, 0.1) is 0 Å². The van der Waals surface area contributed by atoms with Gasteiger partial charge in [0.25, 0.3) is 5.91 Å². The minimum atomic E-state index is -0.158. The van der Waals surface area contributed by atoms with Crippen LogP contribution in [0.25, 0.3) is 10.2 Å². The molecule has 4 nitrogen and oxygen atoms in total. The number of para-hydroxylation sites is 1. The number of aromatic nitrogens is 1. The number of nitrogens with one attached hydrogen (secondary N) is 1. The van der Waals surface area contributed by atoms with Crippen molar-refractivity contribution in [1.29, 1.82) is 0 Å². The van der Waals surface area contributed by atoms with Crippen molar-refractivity contribution in [3.8, 4) is 0 Å². The SMILES string of the molecule is C[C@H]([NH2+][C@@H](C)c1cccs1)C(=O)Nc1ccc(Cc2nc3ccccc3s2)cc1. The van der Waals surface area contributed by atoms with Crippen molar-refractivity contribution < 1.29 is 10.1 Å². The molecule has 0 unspecified atom stereocenters. The largest absolute Gasteiger partial charge is 0.330 e. The van der Waals surface area contributed by atoms with Gasteiger partial charge in [-0.25, -0.2) is 4.98 Å². The van der Waals surface area contributed by atoms with Crippen LogP contribution in [0.15, 0.2) is 66.0 Å². The average molecular weight is 423 g/mol. The molecule has 0 aliphatic rings. The van der Waals surface area contributed by atoms with Crippen LogP contribution < -0.4 is 10.6 Å². The number of thiazole rings is 1.